The highest BCUT2D eigenvalue weighted by atomic mass is 16.5. The number of carbonyl (C=O) groups is 2. The molecule has 0 saturated heterocycles. The minimum atomic E-state index is -0.556. The highest BCUT2D eigenvalue weighted by Gasteiger charge is 2.04. The molecule has 0 aliphatic carbocycles. The third-order valence-corrected chi connectivity index (χ3v) is 1.96. The number of carbonyl (C=O) groups excluding carboxylic acids is 2. The van der Waals surface area contributed by atoms with Crippen LogP contribution in [0.5, 0.6) is 5.75 Å². The van der Waals surface area contributed by atoms with Gasteiger partial charge in [-0.05, 0) is 17.7 Å². The maximum absolute atomic E-state index is 11.4. The van der Waals surface area contributed by atoms with E-state index in [0.29, 0.717) is 5.75 Å². The summed E-state index contributed by atoms with van der Waals surface area (Å²) in [5.74, 6) is -0.105. The molecular weight excluding hydrogens is 208 g/mol. The van der Waals surface area contributed by atoms with Gasteiger partial charge in [-0.15, -0.1) is 0 Å². The van der Waals surface area contributed by atoms with E-state index in [2.05, 4.69) is 5.32 Å². The molecule has 3 N–H and O–H groups in total. The second-order valence-electron chi connectivity index (χ2n) is 3.27. The van der Waals surface area contributed by atoms with Crippen LogP contribution in [0.15, 0.2) is 24.3 Å². The average Bonchev–Trinajstić information content (AvgIpc) is 2.26. The molecule has 2 amide bonds. The number of amides is 2. The van der Waals surface area contributed by atoms with Gasteiger partial charge in [-0.1, -0.05) is 12.1 Å². The number of benzene rings is 1. The highest BCUT2D eigenvalue weighted by Crippen LogP contribution is 2.12. The summed E-state index contributed by atoms with van der Waals surface area (Å²) in [7, 11) is 1.56. The van der Waals surface area contributed by atoms with Crippen LogP contribution in [0.1, 0.15) is 5.56 Å². The van der Waals surface area contributed by atoms with Crippen LogP contribution in [0.2, 0.25) is 0 Å². The summed E-state index contributed by atoms with van der Waals surface area (Å²) in [6.07, 6.45) is 0.199. The Morgan fingerprint density at radius 3 is 2.81 bits per heavy atom. The topological polar surface area (TPSA) is 81.4 Å². The number of nitrogens with one attached hydrogen (secondary N) is 1. The molecule has 0 saturated carbocycles. The smallest absolute Gasteiger partial charge is 0.236 e. The van der Waals surface area contributed by atoms with E-state index < -0.39 is 5.91 Å². The van der Waals surface area contributed by atoms with Crippen molar-refractivity contribution in [3.05, 3.63) is 29.8 Å². The number of nitrogens with two attached hydrogens (primary N) is 1. The molecule has 0 fully saturated rings. The van der Waals surface area contributed by atoms with Gasteiger partial charge in [0.15, 0.2) is 0 Å². The van der Waals surface area contributed by atoms with Crippen molar-refractivity contribution in [2.75, 3.05) is 13.7 Å². The molecule has 1 aromatic carbocycles. The molecule has 0 radical (unpaired) electrons. The Balaban J connectivity index is 2.52. The summed E-state index contributed by atoms with van der Waals surface area (Å²) >= 11 is 0. The van der Waals surface area contributed by atoms with E-state index in [1.165, 1.54) is 0 Å². The highest BCUT2D eigenvalue weighted by molar-refractivity contribution is 5.84. The molecule has 16 heavy (non-hydrogen) atoms. The first-order chi connectivity index (χ1) is 7.61. The van der Waals surface area contributed by atoms with E-state index in [1.807, 2.05) is 6.07 Å². The molecule has 0 heterocycles. The number of ether oxygens (including phenoxy) is 1. The number of primary amides is 1. The van der Waals surface area contributed by atoms with Gasteiger partial charge in [0, 0.05) is 0 Å². The fourth-order valence-electron chi connectivity index (χ4n) is 1.22. The lowest BCUT2D eigenvalue weighted by Gasteiger charge is -2.04. The van der Waals surface area contributed by atoms with E-state index >= 15 is 0 Å². The van der Waals surface area contributed by atoms with E-state index in [4.69, 9.17) is 10.5 Å². The van der Waals surface area contributed by atoms with Crippen molar-refractivity contribution in [1.82, 2.24) is 5.32 Å². The van der Waals surface area contributed by atoms with Gasteiger partial charge >= 0.3 is 0 Å². The van der Waals surface area contributed by atoms with E-state index in [-0.39, 0.29) is 18.9 Å². The molecule has 5 heteroatoms. The van der Waals surface area contributed by atoms with Crippen molar-refractivity contribution < 1.29 is 14.3 Å². The Morgan fingerprint density at radius 2 is 2.19 bits per heavy atom. The van der Waals surface area contributed by atoms with E-state index in [9.17, 15) is 9.59 Å². The number of methoxy groups -OCH3 is 1. The normalized spacial score (nSPS) is 9.56. The van der Waals surface area contributed by atoms with Crippen molar-refractivity contribution in [2.45, 2.75) is 6.42 Å². The monoisotopic (exact) mass is 222 g/mol. The third kappa shape index (κ3) is 4.00. The molecular formula is C11H14N2O3. The summed E-state index contributed by atoms with van der Waals surface area (Å²) in [5, 5.41) is 2.41. The lowest BCUT2D eigenvalue weighted by atomic mass is 10.1. The Bertz CT molecular complexity index is 391. The summed E-state index contributed by atoms with van der Waals surface area (Å²) in [4.78, 5) is 21.8. The van der Waals surface area contributed by atoms with Crippen molar-refractivity contribution >= 4 is 11.8 Å². The van der Waals surface area contributed by atoms with Crippen LogP contribution < -0.4 is 15.8 Å². The standard InChI is InChI=1S/C11H14N2O3/c1-16-9-4-2-3-8(5-9)6-11(15)13-7-10(12)14/h2-5H,6-7H2,1H3,(H2,12,14)(H,13,15). The zero-order valence-electron chi connectivity index (χ0n) is 9.03. The van der Waals surface area contributed by atoms with Crippen LogP contribution >= 0.6 is 0 Å². The van der Waals surface area contributed by atoms with Gasteiger partial charge in [-0.2, -0.15) is 0 Å². The summed E-state index contributed by atoms with van der Waals surface area (Å²) in [5.41, 5.74) is 5.73. The molecule has 1 rings (SSSR count). The summed E-state index contributed by atoms with van der Waals surface area (Å²) in [6.45, 7) is -0.136. The molecule has 0 atom stereocenters. The van der Waals surface area contributed by atoms with E-state index in [0.717, 1.165) is 5.56 Å². The van der Waals surface area contributed by atoms with Crippen molar-refractivity contribution in [1.29, 1.82) is 0 Å². The molecule has 0 aliphatic heterocycles. The van der Waals surface area contributed by atoms with Crippen molar-refractivity contribution in [2.24, 2.45) is 5.73 Å². The zero-order chi connectivity index (χ0) is 12.0. The largest absolute Gasteiger partial charge is 0.497 e. The quantitative estimate of drug-likeness (QED) is 0.726. The summed E-state index contributed by atoms with van der Waals surface area (Å²) < 4.78 is 5.03. The molecule has 0 bridgehead atoms. The van der Waals surface area contributed by atoms with E-state index in [1.54, 1.807) is 25.3 Å². The molecule has 5 nitrogen and oxygen atoms in total. The van der Waals surface area contributed by atoms with Gasteiger partial charge in [-0.25, -0.2) is 0 Å². The van der Waals surface area contributed by atoms with Gasteiger partial charge in [0.2, 0.25) is 11.8 Å². The van der Waals surface area contributed by atoms with Crippen LogP contribution in [-0.4, -0.2) is 25.5 Å². The Labute approximate surface area is 93.6 Å². The Morgan fingerprint density at radius 1 is 1.44 bits per heavy atom. The Hall–Kier alpha value is -2.04. The Kier molecular flexibility index (Phi) is 4.32. The van der Waals surface area contributed by atoms with Crippen LogP contribution in [0.25, 0.3) is 0 Å². The van der Waals surface area contributed by atoms with Crippen LogP contribution in [-0.2, 0) is 16.0 Å². The maximum atomic E-state index is 11.4. The maximum Gasteiger partial charge on any atom is 0.236 e. The molecule has 0 aromatic heterocycles. The lowest BCUT2D eigenvalue weighted by Crippen LogP contribution is -2.34. The fourth-order valence-corrected chi connectivity index (χ4v) is 1.22. The minimum absolute atomic E-state index is 0.136. The molecule has 0 unspecified atom stereocenters. The molecule has 1 aromatic rings. The fraction of sp³-hybridized carbons (Fsp3) is 0.273. The summed E-state index contributed by atoms with van der Waals surface area (Å²) in [6, 6.07) is 7.18. The predicted molar refractivity (Wildman–Crippen MR) is 58.9 cm³/mol. The second kappa shape index (κ2) is 5.75. The second-order valence-corrected chi connectivity index (χ2v) is 3.27. The van der Waals surface area contributed by atoms with Gasteiger partial charge in [0.1, 0.15) is 5.75 Å². The molecule has 86 valence electrons. The predicted octanol–water partition coefficient (Wildman–Crippen LogP) is -0.161. The zero-order valence-corrected chi connectivity index (χ0v) is 9.03. The minimum Gasteiger partial charge on any atom is -0.497 e. The van der Waals surface area contributed by atoms with Crippen LogP contribution in [0.3, 0.4) is 0 Å². The average molecular weight is 222 g/mol. The first kappa shape index (κ1) is 12.0. The lowest BCUT2D eigenvalue weighted by molar-refractivity contribution is -0.124. The van der Waals surface area contributed by atoms with Gasteiger partial charge in [0.25, 0.3) is 0 Å². The van der Waals surface area contributed by atoms with Crippen LogP contribution in [0.4, 0.5) is 0 Å². The SMILES string of the molecule is COc1cccc(CC(=O)NCC(N)=O)c1. The number of hydrogen-bond donors (Lipinski definition) is 2. The third-order valence-electron chi connectivity index (χ3n) is 1.96. The van der Waals surface area contributed by atoms with Gasteiger partial charge < -0.3 is 15.8 Å². The van der Waals surface area contributed by atoms with Crippen molar-refractivity contribution in [3.8, 4) is 5.75 Å². The molecule has 0 aliphatic rings. The van der Waals surface area contributed by atoms with Crippen molar-refractivity contribution in [3.63, 3.8) is 0 Å². The first-order valence-corrected chi connectivity index (χ1v) is 4.79. The van der Waals surface area contributed by atoms with Gasteiger partial charge in [0.05, 0.1) is 20.1 Å². The van der Waals surface area contributed by atoms with Crippen LogP contribution in [0, 0.1) is 0 Å². The molecule has 0 spiro atoms. The number of rotatable bonds is 5. The van der Waals surface area contributed by atoms with Gasteiger partial charge in [-0.3, -0.25) is 9.59 Å². The number of hydrogen-bond acceptors (Lipinski definition) is 3. The first-order valence-electron chi connectivity index (χ1n) is 4.79.